The van der Waals surface area contributed by atoms with Gasteiger partial charge in [0.15, 0.2) is 13.1 Å². The summed E-state index contributed by atoms with van der Waals surface area (Å²) in [6, 6.07) is 17.5. The fourth-order valence-electron chi connectivity index (χ4n) is 3.68. The van der Waals surface area contributed by atoms with Gasteiger partial charge in [-0.2, -0.15) is 5.10 Å². The lowest BCUT2D eigenvalue weighted by Crippen LogP contribution is -3.11. The summed E-state index contributed by atoms with van der Waals surface area (Å²) in [5, 5.41) is 9.14. The molecule has 0 aromatic heterocycles. The Morgan fingerprint density at radius 1 is 1.13 bits per heavy atom. The van der Waals surface area contributed by atoms with Crippen LogP contribution in [0.15, 0.2) is 59.7 Å². The van der Waals surface area contributed by atoms with Gasteiger partial charge in [-0.1, -0.05) is 42.5 Å². The number of amides is 2. The molecule has 3 rings (SSSR count). The number of nitrogens with one attached hydrogen (secondary N) is 2. The number of nitrogens with zero attached hydrogens (tertiary/aromatic N) is 2. The van der Waals surface area contributed by atoms with E-state index in [0.717, 1.165) is 27.5 Å². The van der Waals surface area contributed by atoms with Gasteiger partial charge in [-0.3, -0.25) is 9.59 Å². The van der Waals surface area contributed by atoms with Crippen molar-refractivity contribution >= 4 is 17.5 Å². The van der Waals surface area contributed by atoms with Gasteiger partial charge in [0.25, 0.3) is 11.8 Å². The number of quaternary nitrogens is 1. The van der Waals surface area contributed by atoms with Crippen LogP contribution in [0, 0.1) is 0 Å². The molecule has 0 aliphatic carbocycles. The topological polar surface area (TPSA) is 75.4 Å². The molecule has 164 valence electrons. The van der Waals surface area contributed by atoms with E-state index < -0.39 is 0 Å². The molecular weight excluding hydrogens is 392 g/mol. The van der Waals surface area contributed by atoms with E-state index in [1.165, 1.54) is 0 Å². The molecule has 0 saturated heterocycles. The van der Waals surface area contributed by atoms with Crippen LogP contribution in [0.25, 0.3) is 0 Å². The molecule has 1 heterocycles. The predicted molar refractivity (Wildman–Crippen MR) is 120 cm³/mol. The molecule has 0 spiro atoms. The number of methoxy groups -OCH3 is 1. The number of carbonyl (C=O) groups excluding carboxylic acids is 2. The standard InChI is InChI=1S/C24H30N4O3/c1-17(2)25-23(29)15-27(3)16-24(30)28-22(19-10-12-20(31-4)13-11-19)14-21(26-28)18-8-6-5-7-9-18/h5-13,17,22H,14-16H2,1-4H3,(H,25,29)/p+1/t22-/m0/s1. The number of benzene rings is 2. The highest BCUT2D eigenvalue weighted by atomic mass is 16.5. The minimum atomic E-state index is -0.189. The second-order valence-electron chi connectivity index (χ2n) is 8.18. The number of likely N-dealkylation sites (N-methyl/N-ethyl adjacent to an activating group) is 1. The maximum atomic E-state index is 13.2. The zero-order valence-electron chi connectivity index (χ0n) is 18.6. The summed E-state index contributed by atoms with van der Waals surface area (Å²) in [5.41, 5.74) is 2.89. The minimum absolute atomic E-state index is 0.0677. The van der Waals surface area contributed by atoms with Gasteiger partial charge in [-0.25, -0.2) is 5.01 Å². The van der Waals surface area contributed by atoms with E-state index >= 15 is 0 Å². The Labute approximate surface area is 183 Å². The Kier molecular flexibility index (Phi) is 7.41. The zero-order chi connectivity index (χ0) is 22.4. The molecule has 2 aromatic rings. The van der Waals surface area contributed by atoms with E-state index in [1.54, 1.807) is 12.1 Å². The number of carbonyl (C=O) groups is 2. The number of ether oxygens (including phenoxy) is 1. The van der Waals surface area contributed by atoms with Crippen molar-refractivity contribution in [1.82, 2.24) is 10.3 Å². The maximum Gasteiger partial charge on any atom is 0.298 e. The highest BCUT2D eigenvalue weighted by Gasteiger charge is 2.34. The summed E-state index contributed by atoms with van der Waals surface area (Å²) in [5.74, 6) is 0.590. The van der Waals surface area contributed by atoms with E-state index in [2.05, 4.69) is 5.32 Å². The van der Waals surface area contributed by atoms with E-state index in [9.17, 15) is 9.59 Å². The molecular formula is C24H31N4O3+. The Bertz CT molecular complexity index is 926. The number of hydrogen-bond donors (Lipinski definition) is 2. The van der Waals surface area contributed by atoms with E-state index in [4.69, 9.17) is 9.84 Å². The molecule has 1 unspecified atom stereocenters. The maximum absolute atomic E-state index is 13.2. The first-order valence-electron chi connectivity index (χ1n) is 10.6. The van der Waals surface area contributed by atoms with Crippen molar-refractivity contribution in [2.75, 3.05) is 27.2 Å². The molecule has 7 heteroatoms. The molecule has 2 atom stereocenters. The smallest absolute Gasteiger partial charge is 0.298 e. The van der Waals surface area contributed by atoms with Gasteiger partial charge in [-0.15, -0.1) is 0 Å². The van der Waals surface area contributed by atoms with Gasteiger partial charge in [0, 0.05) is 12.5 Å². The molecule has 1 aliphatic heterocycles. The minimum Gasteiger partial charge on any atom is -0.497 e. The molecule has 2 amide bonds. The summed E-state index contributed by atoms with van der Waals surface area (Å²) in [4.78, 5) is 26.1. The lowest BCUT2D eigenvalue weighted by molar-refractivity contribution is -0.863. The highest BCUT2D eigenvalue weighted by Crippen LogP contribution is 2.33. The lowest BCUT2D eigenvalue weighted by atomic mass is 9.98. The molecule has 7 nitrogen and oxygen atoms in total. The zero-order valence-corrected chi connectivity index (χ0v) is 18.6. The second kappa shape index (κ2) is 10.2. The molecule has 31 heavy (non-hydrogen) atoms. The average Bonchev–Trinajstić information content (AvgIpc) is 3.19. The quantitative estimate of drug-likeness (QED) is 0.674. The van der Waals surface area contributed by atoms with Gasteiger partial charge >= 0.3 is 0 Å². The monoisotopic (exact) mass is 423 g/mol. The summed E-state index contributed by atoms with van der Waals surface area (Å²) < 4.78 is 5.26. The van der Waals surface area contributed by atoms with Crippen molar-refractivity contribution in [2.45, 2.75) is 32.4 Å². The predicted octanol–water partition coefficient (Wildman–Crippen LogP) is 1.41. The third kappa shape index (κ3) is 5.92. The van der Waals surface area contributed by atoms with Crippen molar-refractivity contribution in [3.8, 4) is 5.75 Å². The van der Waals surface area contributed by atoms with Crippen LogP contribution in [0.1, 0.15) is 37.4 Å². The van der Waals surface area contributed by atoms with Crippen molar-refractivity contribution in [3.63, 3.8) is 0 Å². The first-order chi connectivity index (χ1) is 14.9. The van der Waals surface area contributed by atoms with Gasteiger partial charge < -0.3 is 15.0 Å². The Morgan fingerprint density at radius 2 is 1.81 bits per heavy atom. The van der Waals surface area contributed by atoms with Crippen LogP contribution < -0.4 is 15.0 Å². The summed E-state index contributed by atoms with van der Waals surface area (Å²) in [6.07, 6.45) is 0.634. The molecule has 2 aromatic carbocycles. The third-order valence-corrected chi connectivity index (χ3v) is 5.14. The van der Waals surface area contributed by atoms with E-state index in [1.807, 2.05) is 75.5 Å². The highest BCUT2D eigenvalue weighted by molar-refractivity contribution is 6.03. The Balaban J connectivity index is 1.78. The summed E-state index contributed by atoms with van der Waals surface area (Å²) >= 11 is 0. The van der Waals surface area contributed by atoms with Gasteiger partial charge in [0.05, 0.1) is 25.9 Å². The van der Waals surface area contributed by atoms with Crippen LogP contribution in [-0.4, -0.2) is 55.8 Å². The molecule has 2 N–H and O–H groups in total. The van der Waals surface area contributed by atoms with Crippen molar-refractivity contribution in [3.05, 3.63) is 65.7 Å². The van der Waals surface area contributed by atoms with E-state index in [-0.39, 0.29) is 37.0 Å². The molecule has 0 radical (unpaired) electrons. The van der Waals surface area contributed by atoms with Crippen LogP contribution in [0.2, 0.25) is 0 Å². The van der Waals surface area contributed by atoms with Crippen molar-refractivity contribution in [1.29, 1.82) is 0 Å². The fraction of sp³-hybridized carbons (Fsp3) is 0.375. The van der Waals surface area contributed by atoms with Crippen molar-refractivity contribution < 1.29 is 19.2 Å². The second-order valence-corrected chi connectivity index (χ2v) is 8.18. The van der Waals surface area contributed by atoms with Crippen LogP contribution in [0.3, 0.4) is 0 Å². The average molecular weight is 424 g/mol. The molecule has 0 bridgehead atoms. The number of hydrazone groups is 1. The van der Waals surface area contributed by atoms with Crippen LogP contribution >= 0.6 is 0 Å². The van der Waals surface area contributed by atoms with Crippen LogP contribution in [0.5, 0.6) is 5.75 Å². The molecule has 1 aliphatic rings. The lowest BCUT2D eigenvalue weighted by Gasteiger charge is -2.23. The van der Waals surface area contributed by atoms with Gasteiger partial charge in [0.1, 0.15) is 5.75 Å². The third-order valence-electron chi connectivity index (χ3n) is 5.14. The van der Waals surface area contributed by atoms with E-state index in [0.29, 0.717) is 6.42 Å². The van der Waals surface area contributed by atoms with Gasteiger partial charge in [0.2, 0.25) is 0 Å². The molecule has 0 fully saturated rings. The van der Waals surface area contributed by atoms with Crippen LogP contribution in [-0.2, 0) is 9.59 Å². The Morgan fingerprint density at radius 3 is 2.42 bits per heavy atom. The first-order valence-corrected chi connectivity index (χ1v) is 10.6. The fourth-order valence-corrected chi connectivity index (χ4v) is 3.68. The largest absolute Gasteiger partial charge is 0.497 e. The Hall–Kier alpha value is -3.19. The summed E-state index contributed by atoms with van der Waals surface area (Å²) in [7, 11) is 3.48. The SMILES string of the molecule is COc1ccc([C@@H]2CC(c3ccccc3)=NN2C(=O)C[NH+](C)CC(=O)NC(C)C)cc1. The molecule has 0 saturated carbocycles. The normalized spacial score (nSPS) is 16.7. The first kappa shape index (κ1) is 22.5. The van der Waals surface area contributed by atoms with Gasteiger partial charge in [-0.05, 0) is 37.1 Å². The van der Waals surface area contributed by atoms with Crippen LogP contribution in [0.4, 0.5) is 0 Å². The summed E-state index contributed by atoms with van der Waals surface area (Å²) in [6.45, 7) is 4.26. The number of hydrogen-bond acceptors (Lipinski definition) is 4. The van der Waals surface area contributed by atoms with Crippen molar-refractivity contribution in [2.24, 2.45) is 5.10 Å². The number of rotatable bonds is 8.